The van der Waals surface area contributed by atoms with Crippen molar-refractivity contribution in [2.45, 2.75) is 11.8 Å². The number of sulfonamides is 1. The third-order valence-electron chi connectivity index (χ3n) is 4.15. The number of aryl methyl sites for hydroxylation is 1. The fraction of sp³-hybridized carbons (Fsp3) is 0.0455. The molecule has 154 valence electrons. The Hall–Kier alpha value is -3.16. The molecular weight excluding hydrogens is 427 g/mol. The maximum Gasteiger partial charge on any atom is 0.261 e. The molecule has 0 aromatic heterocycles. The molecule has 0 bridgehead atoms. The molecule has 2 N–H and O–H groups in total. The van der Waals surface area contributed by atoms with Gasteiger partial charge >= 0.3 is 0 Å². The average molecular weight is 445 g/mol. The molecule has 0 saturated heterocycles. The van der Waals surface area contributed by atoms with Gasteiger partial charge in [-0.1, -0.05) is 35.9 Å². The summed E-state index contributed by atoms with van der Waals surface area (Å²) in [4.78, 5) is 12.2. The lowest BCUT2D eigenvalue weighted by Gasteiger charge is -2.12. The van der Waals surface area contributed by atoms with Crippen molar-refractivity contribution in [3.05, 3.63) is 94.8 Å². The highest BCUT2D eigenvalue weighted by Gasteiger charge is 2.16. The van der Waals surface area contributed by atoms with Crippen molar-refractivity contribution < 1.29 is 17.6 Å². The highest BCUT2D eigenvalue weighted by Crippen LogP contribution is 2.24. The third kappa shape index (κ3) is 5.68. The van der Waals surface area contributed by atoms with Crippen LogP contribution in [-0.2, 0) is 14.8 Å². The molecule has 0 spiro atoms. The highest BCUT2D eigenvalue weighted by atomic mass is 35.5. The predicted molar refractivity (Wildman–Crippen MR) is 118 cm³/mol. The van der Waals surface area contributed by atoms with Crippen LogP contribution in [0.4, 0.5) is 15.8 Å². The van der Waals surface area contributed by atoms with Crippen molar-refractivity contribution in [2.24, 2.45) is 0 Å². The maximum absolute atomic E-state index is 12.9. The number of carbonyl (C=O) groups is 1. The average Bonchev–Trinajstić information content (AvgIpc) is 2.69. The van der Waals surface area contributed by atoms with Crippen molar-refractivity contribution in [3.63, 3.8) is 0 Å². The van der Waals surface area contributed by atoms with Crippen LogP contribution in [0.3, 0.4) is 0 Å². The number of carbonyl (C=O) groups excluding carboxylic acids is 1. The molecule has 30 heavy (non-hydrogen) atoms. The van der Waals surface area contributed by atoms with E-state index in [1.807, 2.05) is 0 Å². The summed E-state index contributed by atoms with van der Waals surface area (Å²) in [7, 11) is -3.88. The van der Waals surface area contributed by atoms with E-state index in [-0.39, 0.29) is 10.7 Å². The number of anilines is 2. The van der Waals surface area contributed by atoms with Crippen LogP contribution in [0.15, 0.2) is 77.7 Å². The molecule has 8 heteroatoms. The second kappa shape index (κ2) is 9.11. The largest absolute Gasteiger partial charge is 0.322 e. The number of amides is 1. The zero-order chi connectivity index (χ0) is 21.7. The van der Waals surface area contributed by atoms with E-state index in [9.17, 15) is 17.6 Å². The Morgan fingerprint density at radius 3 is 2.47 bits per heavy atom. The molecule has 0 heterocycles. The van der Waals surface area contributed by atoms with Gasteiger partial charge in [-0.25, -0.2) is 12.8 Å². The van der Waals surface area contributed by atoms with Crippen LogP contribution in [0.25, 0.3) is 6.08 Å². The molecule has 0 atom stereocenters. The minimum atomic E-state index is -3.88. The molecule has 3 aromatic rings. The molecule has 5 nitrogen and oxygen atoms in total. The van der Waals surface area contributed by atoms with E-state index in [1.54, 1.807) is 43.3 Å². The Morgan fingerprint density at radius 2 is 1.77 bits per heavy atom. The van der Waals surface area contributed by atoms with Gasteiger partial charge in [-0.2, -0.15) is 0 Å². The van der Waals surface area contributed by atoms with Gasteiger partial charge in [0.15, 0.2) is 0 Å². The molecule has 3 rings (SSSR count). The van der Waals surface area contributed by atoms with Crippen molar-refractivity contribution in [3.8, 4) is 0 Å². The lowest BCUT2D eigenvalue weighted by atomic mass is 10.2. The van der Waals surface area contributed by atoms with Gasteiger partial charge in [0.2, 0.25) is 5.91 Å². The van der Waals surface area contributed by atoms with Crippen molar-refractivity contribution in [1.29, 1.82) is 0 Å². The van der Waals surface area contributed by atoms with Gasteiger partial charge < -0.3 is 5.32 Å². The van der Waals surface area contributed by atoms with Gasteiger partial charge in [0.05, 0.1) is 10.6 Å². The second-order valence-corrected chi connectivity index (χ2v) is 8.59. The van der Waals surface area contributed by atoms with Crippen LogP contribution in [0, 0.1) is 12.7 Å². The van der Waals surface area contributed by atoms with Gasteiger partial charge in [-0.3, -0.25) is 9.52 Å². The van der Waals surface area contributed by atoms with E-state index < -0.39 is 15.9 Å². The summed E-state index contributed by atoms with van der Waals surface area (Å²) < 4.78 is 40.8. The van der Waals surface area contributed by atoms with Crippen LogP contribution in [0.2, 0.25) is 5.02 Å². The van der Waals surface area contributed by atoms with Gasteiger partial charge in [0, 0.05) is 16.8 Å². The highest BCUT2D eigenvalue weighted by molar-refractivity contribution is 7.92. The molecule has 1 amide bonds. The van der Waals surface area contributed by atoms with E-state index in [4.69, 9.17) is 11.6 Å². The first-order chi connectivity index (χ1) is 14.2. The van der Waals surface area contributed by atoms with Crippen LogP contribution >= 0.6 is 11.6 Å². The lowest BCUT2D eigenvalue weighted by Crippen LogP contribution is -2.14. The number of hydrogen-bond donors (Lipinski definition) is 2. The van der Waals surface area contributed by atoms with E-state index in [0.29, 0.717) is 27.5 Å². The molecule has 3 aromatic carbocycles. The monoisotopic (exact) mass is 444 g/mol. The number of hydrogen-bond acceptors (Lipinski definition) is 3. The molecule has 0 aliphatic heterocycles. The minimum Gasteiger partial charge on any atom is -0.322 e. The van der Waals surface area contributed by atoms with E-state index in [1.165, 1.54) is 42.5 Å². The first kappa shape index (κ1) is 21.5. The lowest BCUT2D eigenvalue weighted by molar-refractivity contribution is -0.111. The number of rotatable bonds is 6. The fourth-order valence-electron chi connectivity index (χ4n) is 2.59. The van der Waals surface area contributed by atoms with Crippen LogP contribution in [-0.4, -0.2) is 14.3 Å². The summed E-state index contributed by atoms with van der Waals surface area (Å²) in [5, 5.41) is 3.07. The smallest absolute Gasteiger partial charge is 0.261 e. The summed E-state index contributed by atoms with van der Waals surface area (Å²) in [5.41, 5.74) is 2.04. The third-order valence-corrected chi connectivity index (χ3v) is 5.77. The molecule has 0 fully saturated rings. The zero-order valence-electron chi connectivity index (χ0n) is 15.9. The Balaban J connectivity index is 1.77. The van der Waals surface area contributed by atoms with Crippen LogP contribution < -0.4 is 10.0 Å². The normalized spacial score (nSPS) is 11.4. The molecule has 0 unspecified atom stereocenters. The van der Waals surface area contributed by atoms with E-state index in [2.05, 4.69) is 10.0 Å². The first-order valence-electron chi connectivity index (χ1n) is 8.87. The first-order valence-corrected chi connectivity index (χ1v) is 10.7. The quantitative estimate of drug-likeness (QED) is 0.510. The molecule has 0 aliphatic rings. The Kier molecular flexibility index (Phi) is 6.54. The van der Waals surface area contributed by atoms with Crippen molar-refractivity contribution in [2.75, 3.05) is 10.0 Å². The summed E-state index contributed by atoms with van der Waals surface area (Å²) in [6, 6.07) is 16.5. The summed E-state index contributed by atoms with van der Waals surface area (Å²) >= 11 is 5.90. The topological polar surface area (TPSA) is 75.3 Å². The SMILES string of the molecule is Cc1ccc(S(=O)(=O)Nc2cccc(Cl)c2)cc1NC(=O)C=Cc1ccc(F)cc1. The van der Waals surface area contributed by atoms with Gasteiger partial charge in [0.25, 0.3) is 10.0 Å². The van der Waals surface area contributed by atoms with Crippen LogP contribution in [0.5, 0.6) is 0 Å². The minimum absolute atomic E-state index is 0.00844. The molecule has 0 radical (unpaired) electrons. The van der Waals surface area contributed by atoms with Gasteiger partial charge in [-0.15, -0.1) is 0 Å². The summed E-state index contributed by atoms with van der Waals surface area (Å²) in [6.07, 6.45) is 2.82. The van der Waals surface area contributed by atoms with E-state index >= 15 is 0 Å². The van der Waals surface area contributed by atoms with Gasteiger partial charge in [0.1, 0.15) is 5.82 Å². The second-order valence-electron chi connectivity index (χ2n) is 6.47. The Labute approximate surface area is 179 Å². The summed E-state index contributed by atoms with van der Waals surface area (Å²) in [5.74, 6) is -0.809. The molecule has 0 aliphatic carbocycles. The zero-order valence-corrected chi connectivity index (χ0v) is 17.5. The maximum atomic E-state index is 12.9. The Morgan fingerprint density at radius 1 is 1.03 bits per heavy atom. The number of halogens is 2. The van der Waals surface area contributed by atoms with Gasteiger partial charge in [-0.05, 0) is 66.6 Å². The van der Waals surface area contributed by atoms with Crippen LogP contribution in [0.1, 0.15) is 11.1 Å². The standard InChI is InChI=1S/C22H18ClFN2O3S/c1-15-5-11-20(30(28,29)26-19-4-2-3-17(23)13-19)14-21(15)25-22(27)12-8-16-6-9-18(24)10-7-16/h2-14,26H,1H3,(H,25,27). The fourth-order valence-corrected chi connectivity index (χ4v) is 3.85. The van der Waals surface area contributed by atoms with Crippen molar-refractivity contribution in [1.82, 2.24) is 0 Å². The van der Waals surface area contributed by atoms with E-state index in [0.717, 1.165) is 0 Å². The van der Waals surface area contributed by atoms with Crippen molar-refractivity contribution >= 4 is 45.0 Å². The molecule has 0 saturated carbocycles. The Bertz CT molecular complexity index is 1210. The predicted octanol–water partition coefficient (Wildman–Crippen LogP) is 5.24. The molecular formula is C22H18ClFN2O3S. The summed E-state index contributed by atoms with van der Waals surface area (Å²) in [6.45, 7) is 1.75. The number of nitrogens with one attached hydrogen (secondary N) is 2. The number of benzene rings is 3.